The molecule has 2 N–H and O–H groups in total. The van der Waals surface area contributed by atoms with Crippen LogP contribution in [0, 0.1) is 0 Å². The Balaban J connectivity index is 1.48. The summed E-state index contributed by atoms with van der Waals surface area (Å²) in [5.41, 5.74) is 3.43. The van der Waals surface area contributed by atoms with E-state index < -0.39 is 0 Å². The van der Waals surface area contributed by atoms with Crippen LogP contribution in [-0.4, -0.2) is 51.7 Å². The van der Waals surface area contributed by atoms with Gasteiger partial charge in [0, 0.05) is 48.7 Å². The Labute approximate surface area is 204 Å². The fraction of sp³-hybridized carbons (Fsp3) is 0.385. The molecule has 184 valence electrons. The zero-order valence-corrected chi connectivity index (χ0v) is 20.3. The van der Waals surface area contributed by atoms with Crippen molar-refractivity contribution in [3.05, 3.63) is 54.8 Å². The fourth-order valence-electron chi connectivity index (χ4n) is 3.70. The van der Waals surface area contributed by atoms with Crippen molar-refractivity contribution in [1.82, 2.24) is 24.8 Å². The van der Waals surface area contributed by atoms with Crippen molar-refractivity contribution >= 4 is 22.7 Å². The quantitative estimate of drug-likeness (QED) is 0.276. The van der Waals surface area contributed by atoms with Crippen LogP contribution >= 0.6 is 0 Å². The third kappa shape index (κ3) is 6.45. The van der Waals surface area contributed by atoms with E-state index in [-0.39, 0.29) is 12.5 Å². The number of aryl methyl sites for hydroxylation is 1. The van der Waals surface area contributed by atoms with Crippen molar-refractivity contribution in [2.24, 2.45) is 0 Å². The molecule has 0 unspecified atom stereocenters. The van der Waals surface area contributed by atoms with Gasteiger partial charge in [-0.15, -0.1) is 0 Å². The molecule has 9 nitrogen and oxygen atoms in total. The van der Waals surface area contributed by atoms with Gasteiger partial charge in [0.2, 0.25) is 11.9 Å². The molecular formula is C26H32N6O3. The smallest absolute Gasteiger partial charge is 0.239 e. The molecule has 0 saturated heterocycles. The number of para-hydroxylation sites is 1. The maximum absolute atomic E-state index is 12.2. The third-order valence-electron chi connectivity index (χ3n) is 5.55. The van der Waals surface area contributed by atoms with Crippen LogP contribution < -0.4 is 10.6 Å². The number of ether oxygens (including phenoxy) is 1. The topological polar surface area (TPSA) is 107 Å². The molecule has 0 fully saturated rings. The lowest BCUT2D eigenvalue weighted by molar-refractivity contribution is -0.119. The van der Waals surface area contributed by atoms with Gasteiger partial charge in [0.1, 0.15) is 24.0 Å². The highest BCUT2D eigenvalue weighted by Gasteiger charge is 2.13. The van der Waals surface area contributed by atoms with Crippen molar-refractivity contribution in [3.8, 4) is 17.2 Å². The summed E-state index contributed by atoms with van der Waals surface area (Å²) in [6, 6.07) is 9.77. The van der Waals surface area contributed by atoms with E-state index in [1.54, 1.807) is 17.2 Å². The first-order valence-corrected chi connectivity index (χ1v) is 12.1. The van der Waals surface area contributed by atoms with Gasteiger partial charge in [-0.25, -0.2) is 9.97 Å². The second-order valence-electron chi connectivity index (χ2n) is 8.21. The Bertz CT molecular complexity index is 1250. The Morgan fingerprint density at radius 2 is 2.06 bits per heavy atom. The van der Waals surface area contributed by atoms with Crippen LogP contribution in [-0.2, 0) is 16.0 Å². The third-order valence-corrected chi connectivity index (χ3v) is 5.55. The van der Waals surface area contributed by atoms with E-state index in [0.29, 0.717) is 31.5 Å². The molecule has 0 atom stereocenters. The molecule has 0 spiro atoms. The standard InChI is InChI=1S/C26H32N6O3/c1-3-5-9-19-14-24(28-15-25(33)27-12-8-13-34-4-2)31-26(30-19)32-16-22(29-18-32)21-17-35-23-11-7-6-10-20(21)23/h6-7,10-11,14,16-18H,3-5,8-9,12-13,15H2,1-2H3,(H,27,33)(H,28,30,31). The minimum absolute atomic E-state index is 0.0893. The minimum Gasteiger partial charge on any atom is -0.464 e. The van der Waals surface area contributed by atoms with E-state index in [1.165, 1.54) is 0 Å². The van der Waals surface area contributed by atoms with Gasteiger partial charge in [0.25, 0.3) is 0 Å². The van der Waals surface area contributed by atoms with Crippen LogP contribution in [0.25, 0.3) is 28.2 Å². The number of furan rings is 1. The molecule has 4 aromatic rings. The molecule has 0 bridgehead atoms. The van der Waals surface area contributed by atoms with E-state index in [4.69, 9.17) is 14.1 Å². The normalized spacial score (nSPS) is 11.1. The molecular weight excluding hydrogens is 444 g/mol. The minimum atomic E-state index is -0.0893. The predicted octanol–water partition coefficient (Wildman–Crippen LogP) is 4.37. The first kappa shape index (κ1) is 24.4. The van der Waals surface area contributed by atoms with Crippen LogP contribution in [0.4, 0.5) is 5.82 Å². The number of hydrogen-bond donors (Lipinski definition) is 2. The lowest BCUT2D eigenvalue weighted by atomic mass is 10.1. The lowest BCUT2D eigenvalue weighted by Crippen LogP contribution is -2.31. The average Bonchev–Trinajstić information content (AvgIpc) is 3.53. The Hall–Kier alpha value is -3.72. The molecule has 9 heteroatoms. The number of carbonyl (C=O) groups is 1. The first-order valence-electron chi connectivity index (χ1n) is 12.1. The van der Waals surface area contributed by atoms with Crippen LogP contribution in [0.1, 0.15) is 38.8 Å². The van der Waals surface area contributed by atoms with Gasteiger partial charge in [-0.2, -0.15) is 4.98 Å². The number of carbonyl (C=O) groups excluding carboxylic acids is 1. The number of nitrogens with zero attached hydrogens (tertiary/aromatic N) is 4. The maximum Gasteiger partial charge on any atom is 0.239 e. The van der Waals surface area contributed by atoms with Crippen LogP contribution in [0.2, 0.25) is 0 Å². The molecule has 0 aliphatic rings. The van der Waals surface area contributed by atoms with Gasteiger partial charge in [-0.3, -0.25) is 9.36 Å². The highest BCUT2D eigenvalue weighted by atomic mass is 16.5. The summed E-state index contributed by atoms with van der Waals surface area (Å²) < 4.78 is 12.8. The number of amides is 1. The summed E-state index contributed by atoms with van der Waals surface area (Å²) in [4.78, 5) is 26.2. The predicted molar refractivity (Wildman–Crippen MR) is 136 cm³/mol. The number of unbranched alkanes of at least 4 members (excludes halogenated alkanes) is 1. The number of rotatable bonds is 13. The first-order chi connectivity index (χ1) is 17.2. The average molecular weight is 477 g/mol. The zero-order chi connectivity index (χ0) is 24.5. The number of nitrogens with one attached hydrogen (secondary N) is 2. The van der Waals surface area contributed by atoms with Gasteiger partial charge in [0.05, 0.1) is 12.2 Å². The van der Waals surface area contributed by atoms with Crippen LogP contribution in [0.5, 0.6) is 0 Å². The lowest BCUT2D eigenvalue weighted by Gasteiger charge is -2.11. The van der Waals surface area contributed by atoms with Crippen molar-refractivity contribution < 1.29 is 13.9 Å². The number of fused-ring (bicyclic) bond motifs is 1. The number of anilines is 1. The molecule has 3 aromatic heterocycles. The molecule has 4 rings (SSSR count). The summed E-state index contributed by atoms with van der Waals surface area (Å²) >= 11 is 0. The van der Waals surface area contributed by atoms with Crippen molar-refractivity contribution in [2.45, 2.75) is 39.5 Å². The summed E-state index contributed by atoms with van der Waals surface area (Å²) in [5, 5.41) is 7.04. The number of hydrogen-bond acceptors (Lipinski definition) is 7. The molecule has 1 aromatic carbocycles. The fourth-order valence-corrected chi connectivity index (χ4v) is 3.70. The summed E-state index contributed by atoms with van der Waals surface area (Å²) in [6.07, 6.45) is 9.01. The van der Waals surface area contributed by atoms with E-state index in [2.05, 4.69) is 27.5 Å². The Morgan fingerprint density at radius 3 is 2.91 bits per heavy atom. The van der Waals surface area contributed by atoms with E-state index in [9.17, 15) is 4.79 Å². The number of imidazole rings is 1. The highest BCUT2D eigenvalue weighted by molar-refractivity contribution is 5.92. The van der Waals surface area contributed by atoms with Gasteiger partial charge in [0.15, 0.2) is 0 Å². The van der Waals surface area contributed by atoms with Crippen molar-refractivity contribution in [2.75, 3.05) is 31.6 Å². The molecule has 35 heavy (non-hydrogen) atoms. The van der Waals surface area contributed by atoms with Gasteiger partial charge in [-0.1, -0.05) is 31.5 Å². The van der Waals surface area contributed by atoms with Gasteiger partial charge < -0.3 is 19.8 Å². The zero-order valence-electron chi connectivity index (χ0n) is 20.3. The van der Waals surface area contributed by atoms with Crippen molar-refractivity contribution in [3.63, 3.8) is 0 Å². The van der Waals surface area contributed by atoms with E-state index in [1.807, 2.05) is 43.5 Å². The maximum atomic E-state index is 12.2. The molecule has 0 aliphatic carbocycles. The largest absolute Gasteiger partial charge is 0.464 e. The molecule has 0 radical (unpaired) electrons. The van der Waals surface area contributed by atoms with Crippen LogP contribution in [0.3, 0.4) is 0 Å². The SMILES string of the molecule is CCCCc1cc(NCC(=O)NCCCOCC)nc(-n2cnc(-c3coc4ccccc34)c2)n1. The second kappa shape index (κ2) is 12.1. The number of benzene rings is 1. The highest BCUT2D eigenvalue weighted by Crippen LogP contribution is 2.29. The Kier molecular flexibility index (Phi) is 8.45. The molecule has 0 aliphatic heterocycles. The number of aromatic nitrogens is 4. The van der Waals surface area contributed by atoms with Crippen molar-refractivity contribution in [1.29, 1.82) is 0 Å². The molecule has 1 amide bonds. The van der Waals surface area contributed by atoms with Gasteiger partial charge >= 0.3 is 0 Å². The Morgan fingerprint density at radius 1 is 1.17 bits per heavy atom. The molecule has 3 heterocycles. The molecule has 0 saturated carbocycles. The second-order valence-corrected chi connectivity index (χ2v) is 8.21. The van der Waals surface area contributed by atoms with Crippen LogP contribution in [0.15, 0.2) is 53.5 Å². The summed E-state index contributed by atoms with van der Waals surface area (Å²) in [5.74, 6) is 1.02. The summed E-state index contributed by atoms with van der Waals surface area (Å²) in [7, 11) is 0. The van der Waals surface area contributed by atoms with Gasteiger partial charge in [-0.05, 0) is 32.3 Å². The van der Waals surface area contributed by atoms with E-state index in [0.717, 1.165) is 53.6 Å². The summed E-state index contributed by atoms with van der Waals surface area (Å²) in [6.45, 7) is 6.14. The van der Waals surface area contributed by atoms with E-state index >= 15 is 0 Å². The monoisotopic (exact) mass is 476 g/mol.